The second-order valence-electron chi connectivity index (χ2n) is 8.11. The minimum atomic E-state index is -0.641. The number of fused-ring (bicyclic) bond motifs is 2. The lowest BCUT2D eigenvalue weighted by Crippen LogP contribution is -2.48. The monoisotopic (exact) mass is 391 g/mol. The molecule has 1 atom stereocenters. The zero-order chi connectivity index (χ0) is 19.8. The van der Waals surface area contributed by atoms with Crippen LogP contribution in [0.5, 0.6) is 0 Å². The molecule has 1 aromatic carbocycles. The molecule has 7 nitrogen and oxygen atoms in total. The summed E-state index contributed by atoms with van der Waals surface area (Å²) < 4.78 is 0. The molecular weight excluding hydrogens is 366 g/mol. The van der Waals surface area contributed by atoms with Gasteiger partial charge in [0.25, 0.3) is 5.91 Å². The van der Waals surface area contributed by atoms with Gasteiger partial charge >= 0.3 is 0 Å². The number of nitrogens with zero attached hydrogens (tertiary/aromatic N) is 1. The van der Waals surface area contributed by atoms with Crippen LogP contribution in [0.2, 0.25) is 0 Å². The van der Waals surface area contributed by atoms with Crippen molar-refractivity contribution in [1.82, 2.24) is 25.8 Å². The Morgan fingerprint density at radius 2 is 2.00 bits per heavy atom. The van der Waals surface area contributed by atoms with Crippen molar-refractivity contribution in [2.45, 2.75) is 57.0 Å². The van der Waals surface area contributed by atoms with E-state index in [4.69, 9.17) is 0 Å². The number of aromatic nitrogens is 3. The van der Waals surface area contributed by atoms with Gasteiger partial charge in [-0.15, -0.1) is 0 Å². The summed E-state index contributed by atoms with van der Waals surface area (Å²) in [6.45, 7) is 0. The van der Waals surface area contributed by atoms with Crippen molar-refractivity contribution in [1.29, 1.82) is 0 Å². The van der Waals surface area contributed by atoms with Crippen molar-refractivity contribution >= 4 is 22.7 Å². The predicted octanol–water partition coefficient (Wildman–Crippen LogP) is 2.39. The summed E-state index contributed by atoms with van der Waals surface area (Å²) in [6.07, 6.45) is 8.33. The van der Waals surface area contributed by atoms with Crippen LogP contribution >= 0.6 is 0 Å². The summed E-state index contributed by atoms with van der Waals surface area (Å²) in [5.41, 5.74) is 4.53. The smallest absolute Gasteiger partial charge is 0.272 e. The van der Waals surface area contributed by atoms with E-state index in [2.05, 4.69) is 25.8 Å². The molecule has 0 aliphatic heterocycles. The van der Waals surface area contributed by atoms with Crippen molar-refractivity contribution in [2.24, 2.45) is 0 Å². The van der Waals surface area contributed by atoms with Gasteiger partial charge in [-0.2, -0.15) is 5.10 Å². The van der Waals surface area contributed by atoms with Crippen LogP contribution in [0.4, 0.5) is 0 Å². The van der Waals surface area contributed by atoms with Crippen molar-refractivity contribution < 1.29 is 9.59 Å². The van der Waals surface area contributed by atoms with Gasteiger partial charge in [-0.05, 0) is 50.2 Å². The minimum absolute atomic E-state index is 0.129. The number of aryl methyl sites for hydroxylation is 1. The Kier molecular flexibility index (Phi) is 4.58. The number of rotatable bonds is 6. The number of aromatic amines is 2. The largest absolute Gasteiger partial charge is 0.361 e. The molecule has 7 heteroatoms. The number of amides is 2. The van der Waals surface area contributed by atoms with Gasteiger partial charge in [-0.1, -0.05) is 18.2 Å². The van der Waals surface area contributed by atoms with E-state index >= 15 is 0 Å². The number of carbonyl (C=O) groups excluding carboxylic acids is 2. The van der Waals surface area contributed by atoms with Crippen LogP contribution in [0.25, 0.3) is 10.9 Å². The Morgan fingerprint density at radius 3 is 2.86 bits per heavy atom. The Labute approximate surface area is 168 Å². The highest BCUT2D eigenvalue weighted by atomic mass is 16.2. The first-order valence-corrected chi connectivity index (χ1v) is 10.4. The van der Waals surface area contributed by atoms with Gasteiger partial charge in [0.05, 0.1) is 0 Å². The zero-order valence-electron chi connectivity index (χ0n) is 16.3. The molecule has 4 N–H and O–H groups in total. The van der Waals surface area contributed by atoms with Gasteiger partial charge in [-0.25, -0.2) is 0 Å². The lowest BCUT2D eigenvalue weighted by Gasteiger charge is -2.18. The maximum atomic E-state index is 13.0. The molecule has 3 aromatic rings. The SMILES string of the molecule is O=C(NC(Cc1c[nH]c2ccccc12)C(=O)NC1CC1)c1n[nH]c2c1CCCC2. The maximum Gasteiger partial charge on any atom is 0.272 e. The fourth-order valence-electron chi connectivity index (χ4n) is 4.15. The molecule has 2 heterocycles. The van der Waals surface area contributed by atoms with Crippen molar-refractivity contribution in [3.05, 3.63) is 53.0 Å². The number of benzene rings is 1. The molecule has 0 saturated heterocycles. The van der Waals surface area contributed by atoms with Crippen molar-refractivity contribution in [3.8, 4) is 0 Å². The Morgan fingerprint density at radius 1 is 1.17 bits per heavy atom. The third-order valence-electron chi connectivity index (χ3n) is 5.92. The molecule has 0 radical (unpaired) electrons. The summed E-state index contributed by atoms with van der Waals surface area (Å²) in [5, 5.41) is 14.3. The average Bonchev–Trinajstić information content (AvgIpc) is 3.30. The molecule has 29 heavy (non-hydrogen) atoms. The molecule has 2 aromatic heterocycles. The number of nitrogens with one attached hydrogen (secondary N) is 4. The molecular formula is C22H25N5O2. The molecule has 1 fully saturated rings. The second-order valence-corrected chi connectivity index (χ2v) is 8.11. The minimum Gasteiger partial charge on any atom is -0.361 e. The number of hydrogen-bond donors (Lipinski definition) is 4. The average molecular weight is 391 g/mol. The molecule has 0 bridgehead atoms. The highest BCUT2D eigenvalue weighted by Crippen LogP contribution is 2.24. The van der Waals surface area contributed by atoms with Crippen LogP contribution in [0.1, 0.15) is 53.0 Å². The van der Waals surface area contributed by atoms with E-state index in [1.807, 2.05) is 30.5 Å². The van der Waals surface area contributed by atoms with Gasteiger partial charge in [0.1, 0.15) is 6.04 Å². The summed E-state index contributed by atoms with van der Waals surface area (Å²) in [4.78, 5) is 29.1. The van der Waals surface area contributed by atoms with E-state index in [-0.39, 0.29) is 17.9 Å². The lowest BCUT2D eigenvalue weighted by molar-refractivity contribution is -0.123. The third-order valence-corrected chi connectivity index (χ3v) is 5.92. The quantitative estimate of drug-likeness (QED) is 0.519. The Hall–Kier alpha value is -3.09. The molecule has 2 amide bonds. The van der Waals surface area contributed by atoms with E-state index in [1.165, 1.54) is 0 Å². The van der Waals surface area contributed by atoms with Crippen LogP contribution in [0.3, 0.4) is 0 Å². The standard InChI is InChI=1S/C22H25N5O2/c28-21(24-14-9-10-14)19(11-13-12-23-17-7-3-1-5-15(13)17)25-22(29)20-16-6-2-4-8-18(16)26-27-20/h1,3,5,7,12,14,19,23H,2,4,6,8-11H2,(H,24,28)(H,25,29)(H,26,27). The van der Waals surface area contributed by atoms with E-state index in [9.17, 15) is 9.59 Å². The lowest BCUT2D eigenvalue weighted by atomic mass is 9.95. The molecule has 150 valence electrons. The number of para-hydroxylation sites is 1. The molecule has 2 aliphatic rings. The highest BCUT2D eigenvalue weighted by molar-refractivity contribution is 5.98. The third kappa shape index (κ3) is 3.64. The molecule has 5 rings (SSSR count). The van der Waals surface area contributed by atoms with Gasteiger partial charge in [0.2, 0.25) is 5.91 Å². The van der Waals surface area contributed by atoms with Gasteiger partial charge in [-0.3, -0.25) is 14.7 Å². The summed E-state index contributed by atoms with van der Waals surface area (Å²) in [6, 6.07) is 7.59. The van der Waals surface area contributed by atoms with Gasteiger partial charge in [0, 0.05) is 40.8 Å². The van der Waals surface area contributed by atoms with Crippen LogP contribution in [0.15, 0.2) is 30.5 Å². The first-order chi connectivity index (χ1) is 14.2. The molecule has 2 aliphatic carbocycles. The second kappa shape index (κ2) is 7.39. The maximum absolute atomic E-state index is 13.0. The normalized spacial score (nSPS) is 17.0. The number of carbonyl (C=O) groups is 2. The zero-order valence-corrected chi connectivity index (χ0v) is 16.3. The first kappa shape index (κ1) is 18.0. The fourth-order valence-corrected chi connectivity index (χ4v) is 4.15. The van der Waals surface area contributed by atoms with Crippen LogP contribution in [-0.4, -0.2) is 39.1 Å². The van der Waals surface area contributed by atoms with E-state index < -0.39 is 6.04 Å². The van der Waals surface area contributed by atoms with E-state index in [0.29, 0.717) is 12.1 Å². The van der Waals surface area contributed by atoms with Crippen LogP contribution < -0.4 is 10.6 Å². The number of H-pyrrole nitrogens is 2. The fraction of sp³-hybridized carbons (Fsp3) is 0.409. The van der Waals surface area contributed by atoms with E-state index in [0.717, 1.165) is 66.2 Å². The van der Waals surface area contributed by atoms with Gasteiger partial charge < -0.3 is 15.6 Å². The molecule has 1 unspecified atom stereocenters. The number of hydrogen-bond acceptors (Lipinski definition) is 3. The molecule has 0 spiro atoms. The summed E-state index contributed by atoms with van der Waals surface area (Å²) >= 11 is 0. The van der Waals surface area contributed by atoms with Crippen molar-refractivity contribution in [3.63, 3.8) is 0 Å². The summed E-state index contributed by atoms with van der Waals surface area (Å²) in [5.74, 6) is -0.407. The summed E-state index contributed by atoms with van der Waals surface area (Å²) in [7, 11) is 0. The van der Waals surface area contributed by atoms with Crippen LogP contribution in [-0.2, 0) is 24.1 Å². The molecule has 1 saturated carbocycles. The first-order valence-electron chi connectivity index (χ1n) is 10.4. The van der Waals surface area contributed by atoms with Gasteiger partial charge in [0.15, 0.2) is 5.69 Å². The Bertz CT molecular complexity index is 1060. The Balaban J connectivity index is 1.39. The topological polar surface area (TPSA) is 103 Å². The highest BCUT2D eigenvalue weighted by Gasteiger charge is 2.31. The van der Waals surface area contributed by atoms with Crippen molar-refractivity contribution in [2.75, 3.05) is 0 Å². The van der Waals surface area contributed by atoms with Crippen LogP contribution in [0, 0.1) is 0 Å². The van der Waals surface area contributed by atoms with E-state index in [1.54, 1.807) is 0 Å². The predicted molar refractivity (Wildman–Crippen MR) is 110 cm³/mol.